The van der Waals surface area contributed by atoms with E-state index in [9.17, 15) is 14.4 Å². The Hall–Kier alpha value is -3.11. The summed E-state index contributed by atoms with van der Waals surface area (Å²) in [5, 5.41) is -0.308. The Labute approximate surface area is 221 Å². The van der Waals surface area contributed by atoms with Gasteiger partial charge in [0.05, 0.1) is 27.2 Å². The predicted octanol–water partition coefficient (Wildman–Crippen LogP) is 6.45. The minimum Gasteiger partial charge on any atom is -0.490 e. The molecule has 3 aromatic carbocycles. The highest BCUT2D eigenvalue weighted by atomic mass is 127. The molecule has 6 nitrogen and oxygen atoms in total. The molecular formula is C27H22INO5S. The molecule has 1 fully saturated rings. The summed E-state index contributed by atoms with van der Waals surface area (Å²) >= 11 is 2.98. The first-order valence-corrected chi connectivity index (χ1v) is 12.8. The molecule has 0 N–H and O–H groups in total. The average Bonchev–Trinajstić information content (AvgIpc) is 3.10. The fourth-order valence-corrected chi connectivity index (χ4v) is 5.08. The van der Waals surface area contributed by atoms with Gasteiger partial charge in [-0.2, -0.15) is 0 Å². The number of hydrogen-bond donors (Lipinski definition) is 0. The second kappa shape index (κ2) is 11.1. The highest BCUT2D eigenvalue weighted by Gasteiger charge is 2.35. The van der Waals surface area contributed by atoms with Crippen LogP contribution >= 0.6 is 34.4 Å². The van der Waals surface area contributed by atoms with Gasteiger partial charge in [0.2, 0.25) is 0 Å². The minimum absolute atomic E-state index is 0.227. The molecular weight excluding hydrogens is 577 g/mol. The van der Waals surface area contributed by atoms with Crippen molar-refractivity contribution in [3.8, 4) is 11.5 Å². The Morgan fingerprint density at radius 1 is 1.06 bits per heavy atom. The van der Waals surface area contributed by atoms with Crippen LogP contribution in [0.15, 0.2) is 71.6 Å². The molecule has 178 valence electrons. The number of imide groups is 1. The van der Waals surface area contributed by atoms with Gasteiger partial charge in [0.15, 0.2) is 11.5 Å². The molecule has 8 heteroatoms. The van der Waals surface area contributed by atoms with E-state index < -0.39 is 5.97 Å². The van der Waals surface area contributed by atoms with Gasteiger partial charge in [0.25, 0.3) is 11.1 Å². The lowest BCUT2D eigenvalue weighted by molar-refractivity contribution is -0.123. The first kappa shape index (κ1) is 25.0. The SMILES string of the molecule is CCOc1cc(/C=C2\SC(=O)N(Cc3ccccc3C)C2=O)cc(I)c1OC(=O)c1ccccc1. The highest BCUT2D eigenvalue weighted by Crippen LogP contribution is 2.38. The standard InChI is InChI=1S/C27H22INO5S/c1-3-33-22-14-18(13-21(28)24(22)34-26(31)19-10-5-4-6-11-19)15-23-25(30)29(27(32)35-23)16-20-12-8-7-9-17(20)2/h4-15H,3,16H2,1-2H3/b23-15-. The topological polar surface area (TPSA) is 72.9 Å². The maximum atomic E-state index is 13.0. The molecule has 35 heavy (non-hydrogen) atoms. The zero-order valence-corrected chi connectivity index (χ0v) is 22.1. The Morgan fingerprint density at radius 2 is 1.77 bits per heavy atom. The normalized spacial score (nSPS) is 14.5. The average molecular weight is 599 g/mol. The van der Waals surface area contributed by atoms with E-state index in [1.165, 1.54) is 4.90 Å². The van der Waals surface area contributed by atoms with Crippen LogP contribution in [0.25, 0.3) is 6.08 Å². The summed E-state index contributed by atoms with van der Waals surface area (Å²) < 4.78 is 12.0. The van der Waals surface area contributed by atoms with Crippen LogP contribution in [-0.2, 0) is 11.3 Å². The first-order valence-electron chi connectivity index (χ1n) is 10.9. The molecule has 0 unspecified atom stereocenters. The first-order chi connectivity index (χ1) is 16.9. The zero-order valence-electron chi connectivity index (χ0n) is 19.1. The number of aryl methyl sites for hydroxylation is 1. The van der Waals surface area contributed by atoms with E-state index >= 15 is 0 Å². The van der Waals surface area contributed by atoms with Crippen molar-refractivity contribution >= 4 is 57.5 Å². The Morgan fingerprint density at radius 3 is 2.49 bits per heavy atom. The number of benzene rings is 3. The largest absolute Gasteiger partial charge is 0.490 e. The number of ether oxygens (including phenoxy) is 2. The van der Waals surface area contributed by atoms with Gasteiger partial charge in [0.1, 0.15) is 0 Å². The molecule has 4 rings (SSSR count). The molecule has 0 aliphatic carbocycles. The Balaban J connectivity index is 1.59. The molecule has 0 radical (unpaired) electrons. The third-order valence-electron chi connectivity index (χ3n) is 5.30. The lowest BCUT2D eigenvalue weighted by Gasteiger charge is -2.14. The predicted molar refractivity (Wildman–Crippen MR) is 144 cm³/mol. The van der Waals surface area contributed by atoms with E-state index in [1.807, 2.05) is 44.2 Å². The van der Waals surface area contributed by atoms with E-state index in [0.717, 1.165) is 22.9 Å². The molecule has 1 aliphatic heterocycles. The fourth-order valence-electron chi connectivity index (χ4n) is 3.50. The molecule has 1 aliphatic rings. The van der Waals surface area contributed by atoms with Crippen molar-refractivity contribution in [3.63, 3.8) is 0 Å². The van der Waals surface area contributed by atoms with Gasteiger partial charge < -0.3 is 9.47 Å². The van der Waals surface area contributed by atoms with Gasteiger partial charge in [-0.15, -0.1) is 0 Å². The van der Waals surface area contributed by atoms with Crippen LogP contribution in [0.4, 0.5) is 4.79 Å². The van der Waals surface area contributed by atoms with Gasteiger partial charge in [-0.05, 0) is 95.2 Å². The lowest BCUT2D eigenvalue weighted by atomic mass is 10.1. The number of nitrogens with zero attached hydrogens (tertiary/aromatic N) is 1. The third kappa shape index (κ3) is 5.76. The summed E-state index contributed by atoms with van der Waals surface area (Å²) in [4.78, 5) is 39.8. The van der Waals surface area contributed by atoms with E-state index in [4.69, 9.17) is 9.47 Å². The lowest BCUT2D eigenvalue weighted by Crippen LogP contribution is -2.27. The number of esters is 1. The Kier molecular flexibility index (Phi) is 7.92. The van der Waals surface area contributed by atoms with E-state index in [0.29, 0.717) is 37.7 Å². The van der Waals surface area contributed by atoms with Gasteiger partial charge in [-0.1, -0.05) is 42.5 Å². The second-order valence-corrected chi connectivity index (χ2v) is 9.87. The van der Waals surface area contributed by atoms with Gasteiger partial charge in [0, 0.05) is 0 Å². The second-order valence-electron chi connectivity index (χ2n) is 7.71. The van der Waals surface area contributed by atoms with Crippen LogP contribution in [-0.4, -0.2) is 28.6 Å². The van der Waals surface area contributed by atoms with Crippen LogP contribution in [0.1, 0.15) is 34.0 Å². The summed E-state index contributed by atoms with van der Waals surface area (Å²) in [6.07, 6.45) is 1.66. The molecule has 0 aromatic heterocycles. The maximum Gasteiger partial charge on any atom is 0.343 e. The minimum atomic E-state index is -0.491. The summed E-state index contributed by atoms with van der Waals surface area (Å²) in [6, 6.07) is 19.9. The molecule has 2 amide bonds. The van der Waals surface area contributed by atoms with Crippen molar-refractivity contribution < 1.29 is 23.9 Å². The molecule has 0 bridgehead atoms. The Bertz CT molecular complexity index is 1320. The number of carbonyl (C=O) groups excluding carboxylic acids is 3. The number of halogens is 1. The van der Waals surface area contributed by atoms with Crippen LogP contribution in [0.2, 0.25) is 0 Å². The summed E-state index contributed by atoms with van der Waals surface area (Å²) in [6.45, 7) is 4.38. The molecule has 3 aromatic rings. The van der Waals surface area contributed by atoms with Crippen LogP contribution in [0.5, 0.6) is 11.5 Å². The number of hydrogen-bond acceptors (Lipinski definition) is 6. The van der Waals surface area contributed by atoms with Crippen molar-refractivity contribution in [3.05, 3.63) is 97.5 Å². The monoisotopic (exact) mass is 599 g/mol. The van der Waals surface area contributed by atoms with Crippen molar-refractivity contribution in [2.75, 3.05) is 6.61 Å². The number of amides is 2. The van der Waals surface area contributed by atoms with Crippen molar-refractivity contribution in [1.29, 1.82) is 0 Å². The third-order valence-corrected chi connectivity index (χ3v) is 7.01. The molecule has 1 heterocycles. The van der Waals surface area contributed by atoms with Crippen molar-refractivity contribution in [1.82, 2.24) is 4.90 Å². The number of rotatable bonds is 7. The molecule has 1 saturated heterocycles. The van der Waals surface area contributed by atoms with Crippen LogP contribution in [0.3, 0.4) is 0 Å². The van der Waals surface area contributed by atoms with Crippen LogP contribution in [0, 0.1) is 10.5 Å². The van der Waals surface area contributed by atoms with Crippen molar-refractivity contribution in [2.45, 2.75) is 20.4 Å². The maximum absolute atomic E-state index is 13.0. The van der Waals surface area contributed by atoms with Gasteiger partial charge >= 0.3 is 5.97 Å². The summed E-state index contributed by atoms with van der Waals surface area (Å²) in [5.74, 6) is -0.134. The summed E-state index contributed by atoms with van der Waals surface area (Å²) in [7, 11) is 0. The number of carbonyl (C=O) groups is 3. The molecule has 0 spiro atoms. The fraction of sp³-hybridized carbons (Fsp3) is 0.148. The van der Waals surface area contributed by atoms with Gasteiger partial charge in [-0.3, -0.25) is 14.5 Å². The zero-order chi connectivity index (χ0) is 24.9. The molecule has 0 atom stereocenters. The molecule has 0 saturated carbocycles. The smallest absolute Gasteiger partial charge is 0.343 e. The quantitative estimate of drug-likeness (QED) is 0.135. The summed E-state index contributed by atoms with van der Waals surface area (Å²) in [5.41, 5.74) is 3.04. The van der Waals surface area contributed by atoms with Gasteiger partial charge in [-0.25, -0.2) is 4.79 Å². The number of thioether (sulfide) groups is 1. The van der Waals surface area contributed by atoms with E-state index in [2.05, 4.69) is 22.6 Å². The van der Waals surface area contributed by atoms with E-state index in [-0.39, 0.29) is 17.7 Å². The highest BCUT2D eigenvalue weighted by molar-refractivity contribution is 14.1. The van der Waals surface area contributed by atoms with Crippen molar-refractivity contribution in [2.24, 2.45) is 0 Å². The van der Waals surface area contributed by atoms with E-state index in [1.54, 1.807) is 42.5 Å². The van der Waals surface area contributed by atoms with Crippen LogP contribution < -0.4 is 9.47 Å².